The molecule has 184 valence electrons. The Balaban J connectivity index is 1.98. The summed E-state index contributed by atoms with van der Waals surface area (Å²) in [6, 6.07) is 12.1. The molecule has 0 aliphatic carbocycles. The molecule has 0 spiro atoms. The summed E-state index contributed by atoms with van der Waals surface area (Å²) < 4.78 is 46.2. The van der Waals surface area contributed by atoms with Crippen molar-refractivity contribution < 1.29 is 23.0 Å². The van der Waals surface area contributed by atoms with E-state index in [2.05, 4.69) is 9.72 Å². The van der Waals surface area contributed by atoms with Gasteiger partial charge in [-0.2, -0.15) is 0 Å². The van der Waals surface area contributed by atoms with E-state index in [0.717, 1.165) is 22.3 Å². The van der Waals surface area contributed by atoms with E-state index in [9.17, 15) is 27.9 Å². The molecule has 0 aliphatic rings. The molecule has 0 saturated carbocycles. The first-order chi connectivity index (χ1) is 16.6. The first-order valence-electron chi connectivity index (χ1n) is 10.6. The minimum Gasteiger partial charge on any atom is -0.406 e. The number of aliphatic hydroxyl groups excluding tert-OH is 1. The molecule has 0 aliphatic heterocycles. The molecule has 2 aromatic heterocycles. The van der Waals surface area contributed by atoms with Gasteiger partial charge in [0.15, 0.2) is 11.2 Å². The number of hydrogen-bond donors (Lipinski definition) is 2. The molecule has 0 bridgehead atoms. The smallest absolute Gasteiger partial charge is 0.406 e. The minimum atomic E-state index is -4.88. The topological polar surface area (TPSA) is 117 Å². The SMILES string of the molecule is Cn1c(=O)n(CCCO)c(=O)c2c1nc(-c1cccc(OC(F)(F)F)c1)n2Cc1ccc(N)cc1. The van der Waals surface area contributed by atoms with Gasteiger partial charge in [0.1, 0.15) is 11.6 Å². The lowest BCUT2D eigenvalue weighted by molar-refractivity contribution is -0.274. The minimum absolute atomic E-state index is 0.00472. The van der Waals surface area contributed by atoms with E-state index in [-0.39, 0.29) is 48.7 Å². The zero-order chi connectivity index (χ0) is 25.3. The first kappa shape index (κ1) is 24.1. The maximum atomic E-state index is 13.4. The van der Waals surface area contributed by atoms with Gasteiger partial charge in [-0.3, -0.25) is 13.9 Å². The number of nitrogen functional groups attached to an aromatic ring is 1. The monoisotopic (exact) mass is 489 g/mol. The van der Waals surface area contributed by atoms with Crippen molar-refractivity contribution in [3.05, 3.63) is 74.9 Å². The number of hydrogen-bond acceptors (Lipinski definition) is 6. The van der Waals surface area contributed by atoms with Gasteiger partial charge in [-0.05, 0) is 36.2 Å². The number of aromatic nitrogens is 4. The van der Waals surface area contributed by atoms with Crippen LogP contribution in [0.3, 0.4) is 0 Å². The number of rotatable bonds is 7. The van der Waals surface area contributed by atoms with Crippen molar-refractivity contribution >= 4 is 16.9 Å². The van der Waals surface area contributed by atoms with Gasteiger partial charge >= 0.3 is 12.1 Å². The molecule has 2 heterocycles. The van der Waals surface area contributed by atoms with Gasteiger partial charge < -0.3 is 20.1 Å². The second kappa shape index (κ2) is 9.29. The Morgan fingerprint density at radius 1 is 1.09 bits per heavy atom. The quantitative estimate of drug-likeness (QED) is 0.385. The average molecular weight is 489 g/mol. The molecule has 12 heteroatoms. The number of halogens is 3. The summed E-state index contributed by atoms with van der Waals surface area (Å²) in [5.74, 6) is -0.271. The molecule has 0 unspecified atom stereocenters. The number of imidazole rings is 1. The highest BCUT2D eigenvalue weighted by Crippen LogP contribution is 2.29. The van der Waals surface area contributed by atoms with Crippen molar-refractivity contribution in [3.63, 3.8) is 0 Å². The Hall–Kier alpha value is -4.06. The Morgan fingerprint density at radius 2 is 1.80 bits per heavy atom. The van der Waals surface area contributed by atoms with Crippen LogP contribution in [0.1, 0.15) is 12.0 Å². The summed E-state index contributed by atoms with van der Waals surface area (Å²) in [5.41, 5.74) is 6.25. The van der Waals surface area contributed by atoms with Crippen LogP contribution in [-0.4, -0.2) is 36.8 Å². The molecule has 0 atom stereocenters. The third kappa shape index (κ3) is 4.92. The third-order valence-electron chi connectivity index (χ3n) is 5.42. The Kier molecular flexibility index (Phi) is 6.39. The van der Waals surface area contributed by atoms with Crippen LogP contribution in [0.2, 0.25) is 0 Å². The van der Waals surface area contributed by atoms with Crippen molar-refractivity contribution in [1.82, 2.24) is 18.7 Å². The number of alkyl halides is 3. The zero-order valence-electron chi connectivity index (χ0n) is 18.6. The lowest BCUT2D eigenvalue weighted by Gasteiger charge is -2.13. The highest BCUT2D eigenvalue weighted by atomic mass is 19.4. The number of nitrogens with two attached hydrogens (primary N) is 1. The van der Waals surface area contributed by atoms with Gasteiger partial charge in [0.2, 0.25) is 0 Å². The molecule has 35 heavy (non-hydrogen) atoms. The van der Waals surface area contributed by atoms with E-state index in [1.54, 1.807) is 28.8 Å². The average Bonchev–Trinajstić information content (AvgIpc) is 3.18. The van der Waals surface area contributed by atoms with E-state index >= 15 is 0 Å². The molecule has 3 N–H and O–H groups in total. The van der Waals surface area contributed by atoms with Gasteiger partial charge in [0.25, 0.3) is 5.56 Å². The second-order valence-electron chi connectivity index (χ2n) is 7.89. The van der Waals surface area contributed by atoms with E-state index in [1.165, 1.54) is 23.7 Å². The summed E-state index contributed by atoms with van der Waals surface area (Å²) in [6.45, 7) is -0.0886. The lowest BCUT2D eigenvalue weighted by Crippen LogP contribution is -2.39. The number of aliphatic hydroxyl groups is 1. The predicted molar refractivity (Wildman–Crippen MR) is 123 cm³/mol. The Labute approximate surface area is 196 Å². The van der Waals surface area contributed by atoms with Crippen molar-refractivity contribution in [2.24, 2.45) is 7.05 Å². The lowest BCUT2D eigenvalue weighted by atomic mass is 10.1. The molecule has 0 saturated heterocycles. The van der Waals surface area contributed by atoms with Crippen LogP contribution in [0, 0.1) is 0 Å². The van der Waals surface area contributed by atoms with Gasteiger partial charge in [0, 0.05) is 38.0 Å². The molecule has 4 aromatic rings. The predicted octanol–water partition coefficient (Wildman–Crippen LogP) is 2.48. The number of nitrogens with zero attached hydrogens (tertiary/aromatic N) is 4. The standard InChI is InChI=1S/C23H22F3N5O4/c1-29-20-18(21(33)30(22(29)34)10-3-11-32)31(13-14-6-8-16(27)9-7-14)19(28-20)15-4-2-5-17(12-15)35-23(24,25)26/h2,4-9,12,32H,3,10-11,13,27H2,1H3. The number of anilines is 1. The maximum absolute atomic E-state index is 13.4. The fourth-order valence-electron chi connectivity index (χ4n) is 3.81. The fraction of sp³-hybridized carbons (Fsp3) is 0.261. The molecule has 2 aromatic carbocycles. The molecule has 0 radical (unpaired) electrons. The summed E-state index contributed by atoms with van der Waals surface area (Å²) in [4.78, 5) is 30.7. The molecular formula is C23H22F3N5O4. The Morgan fingerprint density at radius 3 is 2.46 bits per heavy atom. The van der Waals surface area contributed by atoms with Gasteiger partial charge in [-0.15, -0.1) is 13.2 Å². The summed E-state index contributed by atoms with van der Waals surface area (Å²) in [5, 5.41) is 9.18. The number of ether oxygens (including phenoxy) is 1. The zero-order valence-corrected chi connectivity index (χ0v) is 18.6. The van der Waals surface area contributed by atoms with Gasteiger partial charge in [0.05, 0.1) is 0 Å². The molecule has 0 fully saturated rings. The van der Waals surface area contributed by atoms with Crippen LogP contribution >= 0.6 is 0 Å². The van der Waals surface area contributed by atoms with Crippen molar-refractivity contribution in [2.45, 2.75) is 25.9 Å². The molecule has 9 nitrogen and oxygen atoms in total. The van der Waals surface area contributed by atoms with Crippen LogP contribution < -0.4 is 21.7 Å². The van der Waals surface area contributed by atoms with Crippen LogP contribution in [0.5, 0.6) is 5.75 Å². The number of fused-ring (bicyclic) bond motifs is 1. The van der Waals surface area contributed by atoms with Crippen molar-refractivity contribution in [3.8, 4) is 17.1 Å². The maximum Gasteiger partial charge on any atom is 0.573 e. The Bertz CT molecular complexity index is 1490. The summed E-state index contributed by atoms with van der Waals surface area (Å²) in [6.07, 6.45) is -4.69. The number of aryl methyl sites for hydroxylation is 1. The van der Waals surface area contributed by atoms with Gasteiger partial charge in [-0.1, -0.05) is 24.3 Å². The largest absolute Gasteiger partial charge is 0.573 e. The van der Waals surface area contributed by atoms with E-state index < -0.39 is 23.4 Å². The van der Waals surface area contributed by atoms with Crippen LogP contribution in [0.25, 0.3) is 22.6 Å². The van der Waals surface area contributed by atoms with E-state index in [1.807, 2.05) is 0 Å². The van der Waals surface area contributed by atoms with Crippen LogP contribution in [-0.2, 0) is 20.1 Å². The highest BCUT2D eigenvalue weighted by molar-refractivity contribution is 5.77. The van der Waals surface area contributed by atoms with Crippen molar-refractivity contribution in [1.29, 1.82) is 0 Å². The van der Waals surface area contributed by atoms with Crippen LogP contribution in [0.15, 0.2) is 58.1 Å². The van der Waals surface area contributed by atoms with Crippen molar-refractivity contribution in [2.75, 3.05) is 12.3 Å². The van der Waals surface area contributed by atoms with Gasteiger partial charge in [-0.25, -0.2) is 9.78 Å². The molecule has 0 amide bonds. The third-order valence-corrected chi connectivity index (χ3v) is 5.42. The highest BCUT2D eigenvalue weighted by Gasteiger charge is 2.31. The number of benzene rings is 2. The van der Waals surface area contributed by atoms with E-state index in [0.29, 0.717) is 5.69 Å². The molecular weight excluding hydrogens is 467 g/mol. The summed E-state index contributed by atoms with van der Waals surface area (Å²) in [7, 11) is 1.45. The van der Waals surface area contributed by atoms with E-state index in [4.69, 9.17) is 5.73 Å². The summed E-state index contributed by atoms with van der Waals surface area (Å²) >= 11 is 0. The molecule has 4 rings (SSSR count). The van der Waals surface area contributed by atoms with Crippen LogP contribution in [0.4, 0.5) is 18.9 Å². The fourth-order valence-corrected chi connectivity index (χ4v) is 3.81. The second-order valence-corrected chi connectivity index (χ2v) is 7.89. The first-order valence-corrected chi connectivity index (χ1v) is 10.6. The normalized spacial score (nSPS) is 11.8.